The van der Waals surface area contributed by atoms with Gasteiger partial charge in [0.15, 0.2) is 9.84 Å². The number of nitrogens with zero attached hydrogens (tertiary/aromatic N) is 2. The lowest BCUT2D eigenvalue weighted by atomic mass is 10.2. The standard InChI is InChI=1S/C20H33N3O6S2/c1-5-22(6-2)11-7-12-23(18-10-13-30(25,26)15-18)31(27,28)20-14-17(21-16(3)24)8-9-19(20)29-4/h8-9,14,18H,5-7,10-13,15H2,1-4H3,(H,21,24)/t18-/m1/s1. The number of nitrogens with one attached hydrogen (secondary N) is 1. The number of benzene rings is 1. The Morgan fingerprint density at radius 2 is 1.90 bits per heavy atom. The van der Waals surface area contributed by atoms with Gasteiger partial charge in [-0.25, -0.2) is 16.8 Å². The Morgan fingerprint density at radius 1 is 1.23 bits per heavy atom. The number of methoxy groups -OCH3 is 1. The average molecular weight is 476 g/mol. The minimum absolute atomic E-state index is 0.0250. The minimum Gasteiger partial charge on any atom is -0.495 e. The SMILES string of the molecule is CCN(CC)CCCN([C@@H]1CCS(=O)(=O)C1)S(=O)(=O)c1cc(NC(C)=O)ccc1OC. The lowest BCUT2D eigenvalue weighted by Crippen LogP contribution is -2.42. The van der Waals surface area contributed by atoms with Crippen LogP contribution in [0, 0.1) is 0 Å². The van der Waals surface area contributed by atoms with E-state index < -0.39 is 25.9 Å². The normalized spacial score (nSPS) is 18.5. The molecule has 0 radical (unpaired) electrons. The van der Waals surface area contributed by atoms with Crippen LogP contribution in [0.4, 0.5) is 5.69 Å². The quantitative estimate of drug-likeness (QED) is 0.517. The zero-order valence-corrected chi connectivity index (χ0v) is 20.3. The summed E-state index contributed by atoms with van der Waals surface area (Å²) >= 11 is 0. The number of sulfonamides is 1. The Kier molecular flexibility index (Phi) is 8.87. The monoisotopic (exact) mass is 475 g/mol. The molecule has 0 saturated carbocycles. The van der Waals surface area contributed by atoms with Gasteiger partial charge < -0.3 is 15.0 Å². The van der Waals surface area contributed by atoms with Gasteiger partial charge in [0.05, 0.1) is 18.6 Å². The molecule has 11 heteroatoms. The first-order valence-electron chi connectivity index (χ1n) is 10.4. The van der Waals surface area contributed by atoms with Gasteiger partial charge in [0, 0.05) is 25.2 Å². The minimum atomic E-state index is -4.07. The van der Waals surface area contributed by atoms with Crippen LogP contribution in [0.5, 0.6) is 5.75 Å². The largest absolute Gasteiger partial charge is 0.495 e. The third kappa shape index (κ3) is 6.64. The zero-order valence-electron chi connectivity index (χ0n) is 18.6. The van der Waals surface area contributed by atoms with E-state index in [1.165, 1.54) is 30.5 Å². The summed E-state index contributed by atoms with van der Waals surface area (Å²) in [6, 6.07) is 3.78. The molecule has 0 aromatic heterocycles. The molecule has 1 aliphatic heterocycles. The van der Waals surface area contributed by atoms with E-state index in [0.29, 0.717) is 18.7 Å². The summed E-state index contributed by atoms with van der Waals surface area (Å²) < 4.78 is 58.1. The number of carbonyl (C=O) groups is 1. The predicted molar refractivity (Wildman–Crippen MR) is 121 cm³/mol. The van der Waals surface area contributed by atoms with Gasteiger partial charge in [-0.15, -0.1) is 0 Å². The van der Waals surface area contributed by atoms with E-state index in [1.807, 2.05) is 13.8 Å². The molecule has 0 aliphatic carbocycles. The number of sulfone groups is 1. The number of anilines is 1. The highest BCUT2D eigenvalue weighted by Gasteiger charge is 2.39. The van der Waals surface area contributed by atoms with Crippen molar-refractivity contribution in [3.05, 3.63) is 18.2 Å². The van der Waals surface area contributed by atoms with Crippen molar-refractivity contribution in [2.75, 3.05) is 50.1 Å². The fourth-order valence-corrected chi connectivity index (χ4v) is 7.48. The van der Waals surface area contributed by atoms with E-state index in [2.05, 4.69) is 10.2 Å². The van der Waals surface area contributed by atoms with E-state index in [0.717, 1.165) is 13.1 Å². The highest BCUT2D eigenvalue weighted by atomic mass is 32.2. The van der Waals surface area contributed by atoms with Crippen LogP contribution in [0.1, 0.15) is 33.6 Å². The second-order valence-corrected chi connectivity index (χ2v) is 11.7. The molecule has 176 valence electrons. The molecule has 1 amide bonds. The van der Waals surface area contributed by atoms with Gasteiger partial charge in [-0.3, -0.25) is 4.79 Å². The Bertz CT molecular complexity index is 975. The Hall–Kier alpha value is -1.69. The molecule has 2 rings (SSSR count). The van der Waals surface area contributed by atoms with Crippen LogP contribution in [-0.4, -0.2) is 82.8 Å². The van der Waals surface area contributed by atoms with E-state index in [1.54, 1.807) is 6.07 Å². The number of ether oxygens (including phenoxy) is 1. The van der Waals surface area contributed by atoms with Crippen LogP contribution in [0.25, 0.3) is 0 Å². The lowest BCUT2D eigenvalue weighted by Gasteiger charge is -2.29. The van der Waals surface area contributed by atoms with E-state index in [-0.39, 0.29) is 41.0 Å². The van der Waals surface area contributed by atoms with Crippen LogP contribution in [0.15, 0.2) is 23.1 Å². The van der Waals surface area contributed by atoms with E-state index >= 15 is 0 Å². The topological polar surface area (TPSA) is 113 Å². The molecule has 1 aromatic carbocycles. The summed E-state index contributed by atoms with van der Waals surface area (Å²) in [4.78, 5) is 13.5. The second-order valence-electron chi connectivity index (χ2n) is 7.60. The molecular weight excluding hydrogens is 442 g/mol. The van der Waals surface area contributed by atoms with Crippen LogP contribution in [0.2, 0.25) is 0 Å². The molecule has 1 atom stereocenters. The first-order chi connectivity index (χ1) is 14.5. The highest BCUT2D eigenvalue weighted by Crippen LogP contribution is 2.33. The number of rotatable bonds is 11. The van der Waals surface area contributed by atoms with Crippen molar-refractivity contribution in [1.29, 1.82) is 0 Å². The third-order valence-electron chi connectivity index (χ3n) is 5.43. The van der Waals surface area contributed by atoms with Crippen molar-refractivity contribution in [3.63, 3.8) is 0 Å². The highest BCUT2D eigenvalue weighted by molar-refractivity contribution is 7.92. The van der Waals surface area contributed by atoms with Gasteiger partial charge in [-0.2, -0.15) is 4.31 Å². The molecular formula is C20H33N3O6S2. The Labute approximate surface area is 185 Å². The molecule has 31 heavy (non-hydrogen) atoms. The summed E-state index contributed by atoms with van der Waals surface area (Å²) in [5.41, 5.74) is 0.328. The summed E-state index contributed by atoms with van der Waals surface area (Å²) in [7, 11) is -5.98. The lowest BCUT2D eigenvalue weighted by molar-refractivity contribution is -0.114. The molecule has 1 N–H and O–H groups in total. The van der Waals surface area contributed by atoms with Crippen molar-refractivity contribution in [1.82, 2.24) is 9.21 Å². The molecule has 0 unspecified atom stereocenters. The summed E-state index contributed by atoms with van der Waals surface area (Å²) in [6.45, 7) is 8.04. The van der Waals surface area contributed by atoms with Gasteiger partial charge in [0.2, 0.25) is 15.9 Å². The summed E-state index contributed by atoms with van der Waals surface area (Å²) in [5, 5.41) is 2.58. The predicted octanol–water partition coefficient (Wildman–Crippen LogP) is 1.56. The number of amides is 1. The molecule has 1 fully saturated rings. The maximum atomic E-state index is 13.7. The van der Waals surface area contributed by atoms with Gasteiger partial charge in [-0.1, -0.05) is 13.8 Å². The smallest absolute Gasteiger partial charge is 0.247 e. The number of hydrogen-bond acceptors (Lipinski definition) is 7. The zero-order chi connectivity index (χ0) is 23.2. The fraction of sp³-hybridized carbons (Fsp3) is 0.650. The first-order valence-corrected chi connectivity index (χ1v) is 13.7. The Balaban J connectivity index is 2.42. The Morgan fingerprint density at radius 3 is 2.42 bits per heavy atom. The summed E-state index contributed by atoms with van der Waals surface area (Å²) in [6.07, 6.45) is 0.839. The summed E-state index contributed by atoms with van der Waals surface area (Å²) in [5.74, 6) is -0.399. The molecule has 1 saturated heterocycles. The first kappa shape index (κ1) is 25.6. The molecule has 1 aromatic rings. The van der Waals surface area contributed by atoms with Crippen molar-refractivity contribution in [2.24, 2.45) is 0 Å². The maximum absolute atomic E-state index is 13.7. The molecule has 1 aliphatic rings. The average Bonchev–Trinajstić information content (AvgIpc) is 3.06. The van der Waals surface area contributed by atoms with Crippen LogP contribution in [-0.2, 0) is 24.7 Å². The van der Waals surface area contributed by atoms with Crippen molar-refractivity contribution in [3.8, 4) is 5.75 Å². The van der Waals surface area contributed by atoms with Crippen LogP contribution < -0.4 is 10.1 Å². The van der Waals surface area contributed by atoms with Gasteiger partial charge in [0.1, 0.15) is 10.6 Å². The van der Waals surface area contributed by atoms with Crippen LogP contribution in [0.3, 0.4) is 0 Å². The fourth-order valence-electron chi connectivity index (χ4n) is 3.78. The van der Waals surface area contributed by atoms with Gasteiger partial charge in [-0.05, 0) is 50.7 Å². The van der Waals surface area contributed by atoms with Gasteiger partial charge >= 0.3 is 0 Å². The van der Waals surface area contributed by atoms with Gasteiger partial charge in [0.25, 0.3) is 0 Å². The second kappa shape index (κ2) is 10.8. The molecule has 0 bridgehead atoms. The molecule has 9 nitrogen and oxygen atoms in total. The third-order valence-corrected chi connectivity index (χ3v) is 9.16. The van der Waals surface area contributed by atoms with Crippen molar-refractivity contribution < 1.29 is 26.4 Å². The van der Waals surface area contributed by atoms with E-state index in [4.69, 9.17) is 4.74 Å². The van der Waals surface area contributed by atoms with Crippen molar-refractivity contribution in [2.45, 2.75) is 44.6 Å². The number of hydrogen-bond donors (Lipinski definition) is 1. The molecule has 1 heterocycles. The van der Waals surface area contributed by atoms with Crippen LogP contribution >= 0.6 is 0 Å². The molecule has 0 spiro atoms. The number of carbonyl (C=O) groups excluding carboxylic acids is 1. The van der Waals surface area contributed by atoms with Crippen molar-refractivity contribution >= 4 is 31.5 Å². The van der Waals surface area contributed by atoms with E-state index in [9.17, 15) is 21.6 Å². The maximum Gasteiger partial charge on any atom is 0.247 e.